The molecule has 0 saturated carbocycles. The molecule has 0 radical (unpaired) electrons. The number of benzene rings is 2. The zero-order valence-electron chi connectivity index (χ0n) is 13.4. The van der Waals surface area contributed by atoms with Gasteiger partial charge in [0, 0.05) is 17.1 Å². The normalized spacial score (nSPS) is 17.3. The zero-order chi connectivity index (χ0) is 18.8. The van der Waals surface area contributed by atoms with Crippen molar-refractivity contribution in [3.63, 3.8) is 0 Å². The van der Waals surface area contributed by atoms with Crippen LogP contribution in [0.2, 0.25) is 10.0 Å². The first kappa shape index (κ1) is 18.5. The van der Waals surface area contributed by atoms with Gasteiger partial charge in [0.25, 0.3) is 5.91 Å². The molecule has 132 valence electrons. The molecule has 1 fully saturated rings. The molecular formula is C18H12Cl2N2O3S. The van der Waals surface area contributed by atoms with Crippen LogP contribution >= 0.6 is 35.0 Å². The van der Waals surface area contributed by atoms with Gasteiger partial charge in [-0.1, -0.05) is 35.3 Å². The zero-order valence-corrected chi connectivity index (χ0v) is 15.8. The van der Waals surface area contributed by atoms with Crippen LogP contribution in [-0.4, -0.2) is 34.1 Å². The number of amides is 1. The Morgan fingerprint density at radius 2 is 2.00 bits per heavy atom. The first-order valence-electron chi connectivity index (χ1n) is 7.40. The number of aliphatic imine (C=N–C) groups is 1. The Kier molecular flexibility index (Phi) is 5.36. The van der Waals surface area contributed by atoms with Crippen molar-refractivity contribution in [1.82, 2.24) is 4.90 Å². The first-order valence-corrected chi connectivity index (χ1v) is 8.97. The van der Waals surface area contributed by atoms with Crippen molar-refractivity contribution >= 4 is 63.8 Å². The average molecular weight is 407 g/mol. The fourth-order valence-corrected chi connectivity index (χ4v) is 3.67. The molecule has 26 heavy (non-hydrogen) atoms. The van der Waals surface area contributed by atoms with Crippen LogP contribution in [0.15, 0.2) is 52.4 Å². The predicted octanol–water partition coefficient (Wildman–Crippen LogP) is 4.93. The van der Waals surface area contributed by atoms with Crippen molar-refractivity contribution in [3.05, 3.63) is 68.5 Å². The fraction of sp³-hybridized carbons (Fsp3) is 0.0556. The second-order valence-electron chi connectivity index (χ2n) is 5.39. The number of carbonyl (C=O) groups is 2. The Morgan fingerprint density at radius 3 is 2.69 bits per heavy atom. The quantitative estimate of drug-likeness (QED) is 0.733. The van der Waals surface area contributed by atoms with E-state index < -0.39 is 5.97 Å². The Labute approximate surface area is 163 Å². The van der Waals surface area contributed by atoms with Crippen molar-refractivity contribution in [2.45, 2.75) is 0 Å². The third-order valence-electron chi connectivity index (χ3n) is 3.57. The summed E-state index contributed by atoms with van der Waals surface area (Å²) in [6.07, 6.45) is 1.68. The molecular weight excluding hydrogens is 395 g/mol. The second-order valence-corrected chi connectivity index (χ2v) is 7.24. The van der Waals surface area contributed by atoms with Crippen molar-refractivity contribution in [2.75, 3.05) is 7.05 Å². The third kappa shape index (κ3) is 3.93. The van der Waals surface area contributed by atoms with Gasteiger partial charge in [0.05, 0.1) is 16.2 Å². The molecule has 0 bridgehead atoms. The minimum absolute atomic E-state index is 0.132. The van der Waals surface area contributed by atoms with E-state index >= 15 is 0 Å². The van der Waals surface area contributed by atoms with Gasteiger partial charge >= 0.3 is 5.97 Å². The highest BCUT2D eigenvalue weighted by Gasteiger charge is 2.30. The smallest absolute Gasteiger partial charge is 0.335 e. The van der Waals surface area contributed by atoms with Gasteiger partial charge in [-0.05, 0) is 53.7 Å². The Morgan fingerprint density at radius 1 is 1.23 bits per heavy atom. The highest BCUT2D eigenvalue weighted by molar-refractivity contribution is 8.18. The number of hydrogen-bond acceptors (Lipinski definition) is 4. The Balaban J connectivity index is 1.92. The summed E-state index contributed by atoms with van der Waals surface area (Å²) < 4.78 is 0. The molecule has 1 saturated heterocycles. The summed E-state index contributed by atoms with van der Waals surface area (Å²) in [5.74, 6) is -1.25. The van der Waals surface area contributed by atoms with Crippen molar-refractivity contribution in [1.29, 1.82) is 0 Å². The van der Waals surface area contributed by atoms with E-state index in [1.54, 1.807) is 43.5 Å². The van der Waals surface area contributed by atoms with Crippen LogP contribution in [0.5, 0.6) is 0 Å². The molecule has 1 aliphatic rings. The molecule has 2 aromatic carbocycles. The van der Waals surface area contributed by atoms with Crippen molar-refractivity contribution in [3.8, 4) is 0 Å². The monoisotopic (exact) mass is 406 g/mol. The van der Waals surface area contributed by atoms with Crippen LogP contribution in [0.4, 0.5) is 5.69 Å². The van der Waals surface area contributed by atoms with Gasteiger partial charge in [-0.3, -0.25) is 9.69 Å². The predicted molar refractivity (Wildman–Crippen MR) is 105 cm³/mol. The fourth-order valence-electron chi connectivity index (χ4n) is 2.23. The van der Waals surface area contributed by atoms with E-state index in [0.717, 1.165) is 0 Å². The molecule has 0 aromatic heterocycles. The van der Waals surface area contributed by atoms with Gasteiger partial charge < -0.3 is 5.11 Å². The van der Waals surface area contributed by atoms with E-state index in [1.807, 2.05) is 0 Å². The topological polar surface area (TPSA) is 70.0 Å². The van der Waals surface area contributed by atoms with Crippen LogP contribution in [0.25, 0.3) is 6.08 Å². The summed E-state index contributed by atoms with van der Waals surface area (Å²) in [5.41, 5.74) is 1.26. The molecule has 1 heterocycles. The molecule has 8 heteroatoms. The van der Waals surface area contributed by atoms with Crippen LogP contribution in [0.3, 0.4) is 0 Å². The van der Waals surface area contributed by atoms with Gasteiger partial charge in [0.1, 0.15) is 0 Å². The molecule has 1 amide bonds. The summed E-state index contributed by atoms with van der Waals surface area (Å²) >= 11 is 13.2. The molecule has 0 unspecified atom stereocenters. The van der Waals surface area contributed by atoms with E-state index in [-0.39, 0.29) is 11.5 Å². The van der Waals surface area contributed by atoms with Crippen molar-refractivity contribution in [2.24, 2.45) is 4.99 Å². The van der Waals surface area contributed by atoms with Gasteiger partial charge in [-0.15, -0.1) is 0 Å². The van der Waals surface area contributed by atoms with Crippen LogP contribution in [0.1, 0.15) is 15.9 Å². The number of likely N-dealkylation sites (N-methyl/N-ethyl adjacent to an activating group) is 1. The molecule has 1 aliphatic heterocycles. The van der Waals surface area contributed by atoms with E-state index in [1.165, 1.54) is 28.8 Å². The van der Waals surface area contributed by atoms with E-state index in [0.29, 0.717) is 31.4 Å². The summed E-state index contributed by atoms with van der Waals surface area (Å²) in [6.45, 7) is 0. The number of carboxylic acids is 1. The van der Waals surface area contributed by atoms with Crippen LogP contribution in [-0.2, 0) is 4.79 Å². The van der Waals surface area contributed by atoms with Gasteiger partial charge in [0.2, 0.25) is 0 Å². The maximum atomic E-state index is 12.5. The van der Waals surface area contributed by atoms with Gasteiger partial charge in [-0.25, -0.2) is 9.79 Å². The van der Waals surface area contributed by atoms with Crippen LogP contribution in [0, 0.1) is 0 Å². The summed E-state index contributed by atoms with van der Waals surface area (Å²) in [6, 6.07) is 11.2. The maximum Gasteiger partial charge on any atom is 0.335 e. The minimum Gasteiger partial charge on any atom is -0.478 e. The Hall–Kier alpha value is -2.28. The number of thioether (sulfide) groups is 1. The lowest BCUT2D eigenvalue weighted by molar-refractivity contribution is -0.121. The van der Waals surface area contributed by atoms with E-state index in [2.05, 4.69) is 4.99 Å². The highest BCUT2D eigenvalue weighted by atomic mass is 35.5. The summed E-state index contributed by atoms with van der Waals surface area (Å²) in [7, 11) is 1.61. The number of aromatic carboxylic acids is 1. The van der Waals surface area contributed by atoms with E-state index in [9.17, 15) is 9.59 Å². The molecule has 0 atom stereocenters. The second kappa shape index (κ2) is 7.53. The number of carbonyl (C=O) groups excluding carboxylic acids is 1. The molecule has 0 aliphatic carbocycles. The van der Waals surface area contributed by atoms with Crippen molar-refractivity contribution < 1.29 is 14.7 Å². The van der Waals surface area contributed by atoms with Gasteiger partial charge in [0.15, 0.2) is 5.17 Å². The summed E-state index contributed by atoms with van der Waals surface area (Å²) in [5, 5.41) is 10.5. The SMILES string of the molecule is CN1C(=O)/C(=C\c2ccc(Cl)cc2Cl)SC1=Nc1cccc(C(=O)O)c1. The van der Waals surface area contributed by atoms with Crippen LogP contribution < -0.4 is 0 Å². The molecule has 1 N–H and O–H groups in total. The lowest BCUT2D eigenvalue weighted by Gasteiger charge is -2.07. The lowest BCUT2D eigenvalue weighted by atomic mass is 10.2. The third-order valence-corrected chi connectivity index (χ3v) is 5.19. The molecule has 5 nitrogen and oxygen atoms in total. The molecule has 3 rings (SSSR count). The standard InChI is InChI=1S/C18H12Cl2N2O3S/c1-22-16(23)15(8-10-5-6-12(19)9-14(10)20)26-18(22)21-13-4-2-3-11(7-13)17(24)25/h2-9H,1H3,(H,24,25)/b15-8+,21-18?. The molecule has 2 aromatic rings. The Bertz CT molecular complexity index is 973. The number of carboxylic acid groups (broad SMARTS) is 1. The number of amidine groups is 1. The highest BCUT2D eigenvalue weighted by Crippen LogP contribution is 2.34. The molecule has 0 spiro atoms. The maximum absolute atomic E-state index is 12.5. The lowest BCUT2D eigenvalue weighted by Crippen LogP contribution is -2.23. The number of rotatable bonds is 3. The van der Waals surface area contributed by atoms with E-state index in [4.69, 9.17) is 28.3 Å². The number of halogens is 2. The average Bonchev–Trinajstić information content (AvgIpc) is 2.85. The van der Waals surface area contributed by atoms with Gasteiger partial charge in [-0.2, -0.15) is 0 Å². The summed E-state index contributed by atoms with van der Waals surface area (Å²) in [4.78, 5) is 29.8. The first-order chi connectivity index (χ1) is 12.3. The largest absolute Gasteiger partial charge is 0.478 e. The number of hydrogen-bond donors (Lipinski definition) is 1. The minimum atomic E-state index is -1.03. The number of nitrogens with zero attached hydrogens (tertiary/aromatic N) is 2.